The van der Waals surface area contributed by atoms with Crippen LogP contribution in [0.25, 0.3) is 0 Å². The van der Waals surface area contributed by atoms with Crippen LogP contribution in [-0.4, -0.2) is 38.7 Å². The molecule has 2 heterocycles. The van der Waals surface area contributed by atoms with E-state index in [-0.39, 0.29) is 17.3 Å². The van der Waals surface area contributed by atoms with Crippen LogP contribution >= 0.6 is 0 Å². The van der Waals surface area contributed by atoms with Crippen LogP contribution in [0.2, 0.25) is 0 Å². The van der Waals surface area contributed by atoms with Gasteiger partial charge in [-0.3, -0.25) is 4.79 Å². The maximum atomic E-state index is 12.3. The third kappa shape index (κ3) is 3.45. The molecule has 140 valence electrons. The molecule has 0 fully saturated rings. The molecule has 0 saturated heterocycles. The summed E-state index contributed by atoms with van der Waals surface area (Å²) in [5.74, 6) is 0.102. The molecule has 0 aromatic heterocycles. The van der Waals surface area contributed by atoms with E-state index in [0.29, 0.717) is 17.9 Å². The van der Waals surface area contributed by atoms with Gasteiger partial charge in [-0.15, -0.1) is 4.40 Å². The van der Waals surface area contributed by atoms with Crippen LogP contribution in [0.1, 0.15) is 22.3 Å². The predicted molar refractivity (Wildman–Crippen MR) is 102 cm³/mol. The van der Waals surface area contributed by atoms with Crippen molar-refractivity contribution >= 4 is 21.8 Å². The van der Waals surface area contributed by atoms with Crippen LogP contribution in [0.15, 0.2) is 51.8 Å². The predicted octanol–water partition coefficient (Wildman–Crippen LogP) is 0.987. The molecule has 2 aromatic carbocycles. The van der Waals surface area contributed by atoms with Crippen molar-refractivity contribution in [2.45, 2.75) is 24.5 Å². The van der Waals surface area contributed by atoms with Crippen LogP contribution in [0.5, 0.6) is 0 Å². The van der Waals surface area contributed by atoms with Gasteiger partial charge in [0, 0.05) is 32.2 Å². The van der Waals surface area contributed by atoms with Gasteiger partial charge in [-0.1, -0.05) is 30.3 Å². The first kappa shape index (κ1) is 17.7. The number of hydrogen-bond donors (Lipinski definition) is 2. The highest BCUT2D eigenvalue weighted by Gasteiger charge is 2.30. The fourth-order valence-corrected chi connectivity index (χ4v) is 4.62. The number of fused-ring (bicyclic) bond motifs is 2. The molecule has 8 heteroatoms. The Morgan fingerprint density at radius 2 is 1.96 bits per heavy atom. The van der Waals surface area contributed by atoms with Gasteiger partial charge in [0.2, 0.25) is 5.91 Å². The maximum absolute atomic E-state index is 12.3. The number of benzene rings is 2. The number of nitrogens with zero attached hydrogens (tertiary/aromatic N) is 2. The molecule has 2 N–H and O–H groups in total. The number of amides is 1. The lowest BCUT2D eigenvalue weighted by Gasteiger charge is -2.18. The minimum absolute atomic E-state index is 0.0230. The van der Waals surface area contributed by atoms with E-state index in [1.807, 2.05) is 6.07 Å². The van der Waals surface area contributed by atoms with E-state index in [2.05, 4.69) is 27.2 Å². The molecule has 0 spiro atoms. The Labute approximate surface area is 158 Å². The van der Waals surface area contributed by atoms with E-state index in [9.17, 15) is 13.2 Å². The van der Waals surface area contributed by atoms with Crippen molar-refractivity contribution in [1.29, 1.82) is 0 Å². The summed E-state index contributed by atoms with van der Waals surface area (Å²) >= 11 is 0. The highest BCUT2D eigenvalue weighted by atomic mass is 32.2. The lowest BCUT2D eigenvalue weighted by molar-refractivity contribution is -0.121. The Hall–Kier alpha value is -2.71. The average molecular weight is 384 g/mol. The molecule has 1 amide bonds. The molecular weight excluding hydrogens is 364 g/mol. The fourth-order valence-electron chi connectivity index (χ4n) is 3.37. The van der Waals surface area contributed by atoms with E-state index in [0.717, 1.165) is 18.7 Å². The SMILES string of the molecule is CN(CC(=O)NCc1ccc2c(c1)CNC2)C1=NS(=O)(=O)c2ccccc21. The molecule has 0 atom stereocenters. The molecule has 2 aliphatic rings. The van der Waals surface area contributed by atoms with Crippen LogP contribution in [-0.2, 0) is 34.5 Å². The van der Waals surface area contributed by atoms with Gasteiger partial charge in [0.25, 0.3) is 10.0 Å². The van der Waals surface area contributed by atoms with Gasteiger partial charge < -0.3 is 15.5 Å². The first-order valence-corrected chi connectivity index (χ1v) is 10.1. The average Bonchev–Trinajstić information content (AvgIpc) is 3.22. The van der Waals surface area contributed by atoms with Crippen molar-refractivity contribution in [3.63, 3.8) is 0 Å². The Balaban J connectivity index is 1.40. The van der Waals surface area contributed by atoms with Crippen molar-refractivity contribution in [2.75, 3.05) is 13.6 Å². The standard InChI is InChI=1S/C19H20N4O3S/c1-23(19-16-4-2-3-5-17(16)27(25,26)22-19)12-18(24)21-9-13-6-7-14-10-20-11-15(14)8-13/h2-8,20H,9-12H2,1H3,(H,21,24). The molecule has 0 unspecified atom stereocenters. The first-order chi connectivity index (χ1) is 12.9. The van der Waals surface area contributed by atoms with E-state index in [1.165, 1.54) is 17.2 Å². The molecule has 0 saturated carbocycles. The molecule has 27 heavy (non-hydrogen) atoms. The van der Waals surface area contributed by atoms with Crippen molar-refractivity contribution in [3.8, 4) is 0 Å². The molecule has 2 aromatic rings. The van der Waals surface area contributed by atoms with Crippen molar-refractivity contribution in [3.05, 3.63) is 64.7 Å². The van der Waals surface area contributed by atoms with E-state index in [4.69, 9.17) is 0 Å². The number of sulfonamides is 1. The number of rotatable bonds is 4. The van der Waals surface area contributed by atoms with Crippen LogP contribution in [0.3, 0.4) is 0 Å². The Morgan fingerprint density at radius 1 is 1.19 bits per heavy atom. The molecule has 0 bridgehead atoms. The second kappa shape index (κ2) is 6.79. The molecule has 7 nitrogen and oxygen atoms in total. The summed E-state index contributed by atoms with van der Waals surface area (Å²) in [7, 11) is -2.02. The number of carbonyl (C=O) groups is 1. The molecular formula is C19H20N4O3S. The van der Waals surface area contributed by atoms with E-state index >= 15 is 0 Å². The zero-order chi connectivity index (χ0) is 19.0. The van der Waals surface area contributed by atoms with Gasteiger partial charge in [0.1, 0.15) is 4.90 Å². The molecule has 2 aliphatic heterocycles. The lowest BCUT2D eigenvalue weighted by Crippen LogP contribution is -2.38. The van der Waals surface area contributed by atoms with Gasteiger partial charge >= 0.3 is 0 Å². The van der Waals surface area contributed by atoms with Crippen molar-refractivity contribution < 1.29 is 13.2 Å². The first-order valence-electron chi connectivity index (χ1n) is 8.68. The molecule has 0 radical (unpaired) electrons. The summed E-state index contributed by atoms with van der Waals surface area (Å²) in [5.41, 5.74) is 4.13. The molecule has 0 aliphatic carbocycles. The van der Waals surface area contributed by atoms with Crippen LogP contribution < -0.4 is 10.6 Å². The third-order valence-electron chi connectivity index (χ3n) is 4.75. The third-order valence-corrected chi connectivity index (χ3v) is 6.07. The second-order valence-electron chi connectivity index (χ2n) is 6.73. The summed E-state index contributed by atoms with van der Waals surface area (Å²) in [4.78, 5) is 14.1. The van der Waals surface area contributed by atoms with E-state index < -0.39 is 10.0 Å². The number of likely N-dealkylation sites (N-methyl/N-ethyl adjacent to an activating group) is 1. The summed E-state index contributed by atoms with van der Waals surface area (Å²) in [6.07, 6.45) is 0. The van der Waals surface area contributed by atoms with Gasteiger partial charge in [-0.25, -0.2) is 0 Å². The van der Waals surface area contributed by atoms with Gasteiger partial charge in [-0.05, 0) is 28.8 Å². The number of carbonyl (C=O) groups excluding carboxylic acids is 1. The maximum Gasteiger partial charge on any atom is 0.285 e. The summed E-state index contributed by atoms with van der Waals surface area (Å²) in [6, 6.07) is 12.8. The van der Waals surface area contributed by atoms with Crippen LogP contribution in [0.4, 0.5) is 0 Å². The van der Waals surface area contributed by atoms with E-state index in [1.54, 1.807) is 30.1 Å². The quantitative estimate of drug-likeness (QED) is 0.820. The van der Waals surface area contributed by atoms with Gasteiger partial charge in [0.05, 0.1) is 6.54 Å². The van der Waals surface area contributed by atoms with Gasteiger partial charge in [-0.2, -0.15) is 8.42 Å². The Morgan fingerprint density at radius 3 is 2.81 bits per heavy atom. The zero-order valence-corrected chi connectivity index (χ0v) is 15.7. The summed E-state index contributed by atoms with van der Waals surface area (Å²) < 4.78 is 28.1. The number of amidine groups is 1. The monoisotopic (exact) mass is 384 g/mol. The number of hydrogen-bond acceptors (Lipinski definition) is 5. The topological polar surface area (TPSA) is 90.9 Å². The van der Waals surface area contributed by atoms with Crippen molar-refractivity contribution in [2.24, 2.45) is 4.40 Å². The number of nitrogens with one attached hydrogen (secondary N) is 2. The van der Waals surface area contributed by atoms with Crippen LogP contribution in [0, 0.1) is 0 Å². The highest BCUT2D eigenvalue weighted by molar-refractivity contribution is 7.90. The summed E-state index contributed by atoms with van der Waals surface area (Å²) in [5, 5.41) is 6.18. The minimum atomic E-state index is -3.69. The highest BCUT2D eigenvalue weighted by Crippen LogP contribution is 2.26. The normalized spacial score (nSPS) is 16.4. The summed E-state index contributed by atoms with van der Waals surface area (Å²) in [6.45, 7) is 2.20. The Kier molecular flexibility index (Phi) is 4.45. The fraction of sp³-hybridized carbons (Fsp3) is 0.263. The van der Waals surface area contributed by atoms with Gasteiger partial charge in [0.15, 0.2) is 5.84 Å². The zero-order valence-electron chi connectivity index (χ0n) is 14.9. The smallest absolute Gasteiger partial charge is 0.285 e. The second-order valence-corrected chi connectivity index (χ2v) is 8.30. The van der Waals surface area contributed by atoms with Crippen molar-refractivity contribution in [1.82, 2.24) is 15.5 Å². The minimum Gasteiger partial charge on any atom is -0.350 e. The molecule has 4 rings (SSSR count). The Bertz CT molecular complexity index is 1050. The largest absolute Gasteiger partial charge is 0.350 e. The lowest BCUT2D eigenvalue weighted by atomic mass is 10.1.